The molecule has 0 bridgehead atoms. The molecule has 2 aromatic rings. The van der Waals surface area contributed by atoms with Gasteiger partial charge in [0.25, 0.3) is 5.91 Å². The zero-order valence-corrected chi connectivity index (χ0v) is 20.1. The lowest BCUT2D eigenvalue weighted by molar-refractivity contribution is -0.0586. The van der Waals surface area contributed by atoms with Gasteiger partial charge in [-0.2, -0.15) is 5.10 Å². The number of aryl methyl sites for hydroxylation is 2. The molecule has 2 unspecified atom stereocenters. The summed E-state index contributed by atoms with van der Waals surface area (Å²) in [6.45, 7) is 13.4. The first-order valence-corrected chi connectivity index (χ1v) is 11.3. The smallest absolute Gasteiger partial charge is 0.254 e. The number of carbonyl (C=O) groups is 1. The molecule has 1 saturated heterocycles. The monoisotopic (exact) mass is 440 g/mol. The minimum Gasteiger partial charge on any atom is -0.372 e. The number of nitrogens with one attached hydrogen (secondary N) is 2. The van der Waals surface area contributed by atoms with Crippen molar-refractivity contribution >= 4 is 11.9 Å². The van der Waals surface area contributed by atoms with Crippen LogP contribution in [-0.2, 0) is 24.9 Å². The first-order chi connectivity index (χ1) is 15.3. The molecule has 0 saturated carbocycles. The lowest BCUT2D eigenvalue weighted by Crippen LogP contribution is -2.48. The Bertz CT molecular complexity index is 940. The van der Waals surface area contributed by atoms with Gasteiger partial charge in [-0.15, -0.1) is 0 Å². The second-order valence-corrected chi connectivity index (χ2v) is 8.49. The zero-order valence-electron chi connectivity index (χ0n) is 20.1. The highest BCUT2D eigenvalue weighted by Crippen LogP contribution is 2.15. The van der Waals surface area contributed by atoms with E-state index in [-0.39, 0.29) is 18.1 Å². The van der Waals surface area contributed by atoms with Gasteiger partial charge in [-0.3, -0.25) is 9.48 Å². The number of hydrogen-bond acceptors (Lipinski definition) is 4. The highest BCUT2D eigenvalue weighted by molar-refractivity contribution is 5.94. The van der Waals surface area contributed by atoms with Gasteiger partial charge in [0.05, 0.1) is 24.4 Å². The second kappa shape index (κ2) is 10.6. The van der Waals surface area contributed by atoms with Crippen molar-refractivity contribution in [2.24, 2.45) is 12.0 Å². The van der Waals surface area contributed by atoms with Gasteiger partial charge < -0.3 is 20.3 Å². The normalized spacial score (nSPS) is 19.2. The van der Waals surface area contributed by atoms with Crippen molar-refractivity contribution in [1.82, 2.24) is 25.3 Å². The van der Waals surface area contributed by atoms with Crippen LogP contribution in [0.3, 0.4) is 0 Å². The van der Waals surface area contributed by atoms with E-state index in [9.17, 15) is 4.79 Å². The molecule has 0 spiro atoms. The molecule has 1 aliphatic heterocycles. The first-order valence-electron chi connectivity index (χ1n) is 11.3. The summed E-state index contributed by atoms with van der Waals surface area (Å²) in [5.41, 5.74) is 5.11. The lowest BCUT2D eigenvalue weighted by atomic mass is 10.1. The second-order valence-electron chi connectivity index (χ2n) is 8.49. The Kier molecular flexibility index (Phi) is 7.90. The van der Waals surface area contributed by atoms with E-state index < -0.39 is 0 Å². The molecule has 174 valence electrons. The highest BCUT2D eigenvalue weighted by atomic mass is 16.5. The molecule has 8 nitrogen and oxygen atoms in total. The zero-order chi connectivity index (χ0) is 23.3. The Balaban J connectivity index is 1.61. The van der Waals surface area contributed by atoms with Gasteiger partial charge in [-0.1, -0.05) is 12.1 Å². The maximum Gasteiger partial charge on any atom is 0.254 e. The fourth-order valence-corrected chi connectivity index (χ4v) is 4.04. The predicted octanol–water partition coefficient (Wildman–Crippen LogP) is 2.54. The van der Waals surface area contributed by atoms with Gasteiger partial charge in [-0.05, 0) is 52.3 Å². The summed E-state index contributed by atoms with van der Waals surface area (Å²) in [4.78, 5) is 19.4. The fourth-order valence-electron chi connectivity index (χ4n) is 4.04. The number of aliphatic imine (C=N–C) groups is 1. The molecule has 1 amide bonds. The number of morpholine rings is 1. The molecule has 1 aromatic heterocycles. The Morgan fingerprint density at radius 3 is 2.38 bits per heavy atom. The molecule has 3 rings (SSSR count). The standard InChI is InChI=1S/C24H36N6O2/c1-7-25-24(27-13-22-18(4)28-29(6)19(22)5)26-12-20-8-10-21(11-9-20)23(31)30-14-16(2)32-17(3)15-30/h8-11,16-17H,7,12-15H2,1-6H3,(H2,25,26,27). The van der Waals surface area contributed by atoms with Crippen LogP contribution in [-0.4, -0.2) is 58.4 Å². The molecule has 32 heavy (non-hydrogen) atoms. The minimum atomic E-state index is 0.0549. The van der Waals surface area contributed by atoms with Crippen molar-refractivity contribution < 1.29 is 9.53 Å². The maximum absolute atomic E-state index is 12.8. The van der Waals surface area contributed by atoms with Crippen LogP contribution < -0.4 is 10.6 Å². The number of carbonyl (C=O) groups excluding carboxylic acids is 1. The third kappa shape index (κ3) is 5.88. The SMILES string of the molecule is CCNC(=NCc1ccc(C(=O)N2CC(C)OC(C)C2)cc1)NCc1c(C)nn(C)c1C. The molecular formula is C24H36N6O2. The van der Waals surface area contributed by atoms with E-state index in [1.165, 1.54) is 5.56 Å². The molecule has 0 aliphatic carbocycles. The quantitative estimate of drug-likeness (QED) is 0.533. The van der Waals surface area contributed by atoms with E-state index in [0.717, 1.165) is 29.5 Å². The Hall–Kier alpha value is -2.87. The van der Waals surface area contributed by atoms with Crippen molar-refractivity contribution in [2.45, 2.75) is 59.9 Å². The first kappa shape index (κ1) is 23.8. The van der Waals surface area contributed by atoms with Crippen LogP contribution in [0.1, 0.15) is 53.6 Å². The largest absolute Gasteiger partial charge is 0.372 e. The molecule has 0 radical (unpaired) electrons. The van der Waals surface area contributed by atoms with Crippen molar-refractivity contribution in [1.29, 1.82) is 0 Å². The number of benzene rings is 1. The number of nitrogens with zero attached hydrogens (tertiary/aromatic N) is 4. The topological polar surface area (TPSA) is 83.8 Å². The van der Waals surface area contributed by atoms with E-state index in [1.54, 1.807) is 0 Å². The number of hydrogen-bond donors (Lipinski definition) is 2. The Morgan fingerprint density at radius 2 is 1.81 bits per heavy atom. The van der Waals surface area contributed by atoms with E-state index in [4.69, 9.17) is 9.73 Å². The van der Waals surface area contributed by atoms with Crippen LogP contribution in [0.4, 0.5) is 0 Å². The average Bonchev–Trinajstić information content (AvgIpc) is 3.00. The van der Waals surface area contributed by atoms with Gasteiger partial charge in [0.2, 0.25) is 0 Å². The molecule has 2 heterocycles. The van der Waals surface area contributed by atoms with E-state index in [0.29, 0.717) is 31.7 Å². The highest BCUT2D eigenvalue weighted by Gasteiger charge is 2.26. The van der Waals surface area contributed by atoms with E-state index in [2.05, 4.69) is 22.7 Å². The average molecular weight is 441 g/mol. The number of rotatable bonds is 6. The Labute approximate surface area is 191 Å². The fraction of sp³-hybridized carbons (Fsp3) is 0.542. The molecule has 1 aromatic carbocycles. The van der Waals surface area contributed by atoms with Crippen LogP contribution in [0.15, 0.2) is 29.3 Å². The number of ether oxygens (including phenoxy) is 1. The molecular weight excluding hydrogens is 404 g/mol. The molecule has 2 N–H and O–H groups in total. The predicted molar refractivity (Wildman–Crippen MR) is 127 cm³/mol. The van der Waals surface area contributed by atoms with Crippen LogP contribution in [0, 0.1) is 13.8 Å². The molecule has 1 fully saturated rings. The molecule has 8 heteroatoms. The summed E-state index contributed by atoms with van der Waals surface area (Å²) in [6, 6.07) is 7.73. The van der Waals surface area contributed by atoms with Crippen molar-refractivity contribution in [2.75, 3.05) is 19.6 Å². The number of guanidine groups is 1. The Morgan fingerprint density at radius 1 is 1.16 bits per heavy atom. The van der Waals surface area contributed by atoms with Crippen LogP contribution in [0.2, 0.25) is 0 Å². The van der Waals surface area contributed by atoms with Crippen LogP contribution in [0.25, 0.3) is 0 Å². The third-order valence-electron chi connectivity index (χ3n) is 5.76. The van der Waals surface area contributed by atoms with Crippen molar-refractivity contribution in [3.8, 4) is 0 Å². The number of amides is 1. The van der Waals surface area contributed by atoms with Gasteiger partial charge >= 0.3 is 0 Å². The summed E-state index contributed by atoms with van der Waals surface area (Å²) in [7, 11) is 1.96. The van der Waals surface area contributed by atoms with Gasteiger partial charge in [-0.25, -0.2) is 4.99 Å². The van der Waals surface area contributed by atoms with Crippen molar-refractivity contribution in [3.05, 3.63) is 52.3 Å². The van der Waals surface area contributed by atoms with Gasteiger partial charge in [0, 0.05) is 50.0 Å². The maximum atomic E-state index is 12.8. The summed E-state index contributed by atoms with van der Waals surface area (Å²) >= 11 is 0. The third-order valence-corrected chi connectivity index (χ3v) is 5.76. The minimum absolute atomic E-state index is 0.0549. The van der Waals surface area contributed by atoms with Crippen LogP contribution in [0.5, 0.6) is 0 Å². The van der Waals surface area contributed by atoms with E-state index >= 15 is 0 Å². The van der Waals surface area contributed by atoms with Gasteiger partial charge in [0.1, 0.15) is 0 Å². The molecule has 1 aliphatic rings. The van der Waals surface area contributed by atoms with Gasteiger partial charge in [0.15, 0.2) is 5.96 Å². The van der Waals surface area contributed by atoms with Crippen molar-refractivity contribution in [3.63, 3.8) is 0 Å². The lowest BCUT2D eigenvalue weighted by Gasteiger charge is -2.35. The summed E-state index contributed by atoms with van der Waals surface area (Å²) in [5, 5.41) is 11.2. The summed E-state index contributed by atoms with van der Waals surface area (Å²) in [6.07, 6.45) is 0.125. The summed E-state index contributed by atoms with van der Waals surface area (Å²) in [5.74, 6) is 0.811. The van der Waals surface area contributed by atoms with Crippen LogP contribution >= 0.6 is 0 Å². The summed E-state index contributed by atoms with van der Waals surface area (Å²) < 4.78 is 7.63. The molecule has 2 atom stereocenters. The number of aromatic nitrogens is 2. The van der Waals surface area contributed by atoms with E-state index in [1.807, 2.05) is 68.6 Å².